The summed E-state index contributed by atoms with van der Waals surface area (Å²) in [7, 11) is 2.10. The molecule has 5 rings (SSSR count). The summed E-state index contributed by atoms with van der Waals surface area (Å²) in [6.45, 7) is 6.73. The Hall–Kier alpha value is -3.08. The summed E-state index contributed by atoms with van der Waals surface area (Å²) in [6, 6.07) is 13.4. The van der Waals surface area contributed by atoms with Crippen LogP contribution in [-0.2, 0) is 0 Å². The van der Waals surface area contributed by atoms with Crippen LogP contribution < -0.4 is 10.5 Å². The summed E-state index contributed by atoms with van der Waals surface area (Å²) in [5, 5.41) is 0.885. The number of rotatable bonds is 1. The highest BCUT2D eigenvalue weighted by Gasteiger charge is 2.34. The second-order valence-electron chi connectivity index (χ2n) is 8.36. The van der Waals surface area contributed by atoms with Crippen molar-refractivity contribution in [2.24, 2.45) is 0 Å². The van der Waals surface area contributed by atoms with Crippen molar-refractivity contribution < 1.29 is 8.83 Å². The van der Waals surface area contributed by atoms with Gasteiger partial charge < -0.3 is 13.7 Å². The number of para-hydroxylation sites is 2. The van der Waals surface area contributed by atoms with Gasteiger partial charge in [-0.1, -0.05) is 19.1 Å². The Morgan fingerprint density at radius 1 is 1.11 bits per heavy atom. The van der Waals surface area contributed by atoms with Crippen molar-refractivity contribution in [3.63, 3.8) is 0 Å². The number of hydrogen-bond acceptors (Lipinski definition) is 5. The molecule has 0 bridgehead atoms. The lowest BCUT2D eigenvalue weighted by atomic mass is 9.80. The molecule has 142 valence electrons. The van der Waals surface area contributed by atoms with E-state index in [4.69, 9.17) is 8.83 Å². The minimum absolute atomic E-state index is 0.0541. The summed E-state index contributed by atoms with van der Waals surface area (Å²) in [4.78, 5) is 19.4. The van der Waals surface area contributed by atoms with Gasteiger partial charge in [-0.05, 0) is 56.0 Å². The third-order valence-corrected chi connectivity index (χ3v) is 6.01. The van der Waals surface area contributed by atoms with Crippen molar-refractivity contribution >= 4 is 27.8 Å². The molecule has 0 N–H and O–H groups in total. The van der Waals surface area contributed by atoms with E-state index in [1.54, 1.807) is 0 Å². The lowest BCUT2D eigenvalue weighted by Crippen LogP contribution is -2.45. The first-order chi connectivity index (χ1) is 13.3. The zero-order valence-corrected chi connectivity index (χ0v) is 16.4. The SMILES string of the molecule is CC1CC(C)(C)N(C)c2cc3oc(=O)c(-c4nc5ccccc5o4)cc3cc21. The van der Waals surface area contributed by atoms with Crippen LogP contribution in [0.3, 0.4) is 0 Å². The van der Waals surface area contributed by atoms with Gasteiger partial charge >= 0.3 is 5.63 Å². The van der Waals surface area contributed by atoms with Crippen molar-refractivity contribution in [3.05, 3.63) is 58.4 Å². The first-order valence-corrected chi connectivity index (χ1v) is 9.55. The monoisotopic (exact) mass is 374 g/mol. The quantitative estimate of drug-likeness (QED) is 0.422. The van der Waals surface area contributed by atoms with Crippen LogP contribution in [0.1, 0.15) is 38.7 Å². The number of anilines is 1. The Morgan fingerprint density at radius 2 is 1.89 bits per heavy atom. The summed E-state index contributed by atoms with van der Waals surface area (Å²) < 4.78 is 11.5. The second-order valence-corrected chi connectivity index (χ2v) is 8.36. The van der Waals surface area contributed by atoms with Crippen molar-refractivity contribution in [3.8, 4) is 11.5 Å². The molecular weight excluding hydrogens is 352 g/mol. The van der Waals surface area contributed by atoms with E-state index in [0.29, 0.717) is 28.5 Å². The van der Waals surface area contributed by atoms with Gasteiger partial charge in [0.2, 0.25) is 5.89 Å². The fraction of sp³-hybridized carbons (Fsp3) is 0.304. The molecule has 4 aromatic rings. The van der Waals surface area contributed by atoms with Crippen LogP contribution >= 0.6 is 0 Å². The van der Waals surface area contributed by atoms with Crippen molar-refractivity contribution in [2.75, 3.05) is 11.9 Å². The first-order valence-electron chi connectivity index (χ1n) is 9.55. The molecule has 0 spiro atoms. The zero-order valence-electron chi connectivity index (χ0n) is 16.4. The molecule has 0 aliphatic carbocycles. The van der Waals surface area contributed by atoms with Gasteiger partial charge in [0.25, 0.3) is 0 Å². The molecule has 2 aromatic heterocycles. The molecule has 2 aromatic carbocycles. The lowest BCUT2D eigenvalue weighted by molar-refractivity contribution is 0.395. The fourth-order valence-electron chi connectivity index (χ4n) is 4.32. The minimum atomic E-state index is -0.440. The van der Waals surface area contributed by atoms with E-state index in [-0.39, 0.29) is 5.54 Å². The number of fused-ring (bicyclic) bond motifs is 3. The van der Waals surface area contributed by atoms with E-state index in [1.165, 1.54) is 5.56 Å². The molecule has 28 heavy (non-hydrogen) atoms. The molecule has 1 aliphatic rings. The zero-order chi connectivity index (χ0) is 19.6. The number of nitrogens with zero attached hydrogens (tertiary/aromatic N) is 2. The number of oxazole rings is 1. The second kappa shape index (κ2) is 5.71. The van der Waals surface area contributed by atoms with Gasteiger partial charge in [-0.15, -0.1) is 0 Å². The Labute approximate surface area is 162 Å². The van der Waals surface area contributed by atoms with E-state index >= 15 is 0 Å². The van der Waals surface area contributed by atoms with Crippen LogP contribution in [0.4, 0.5) is 5.69 Å². The summed E-state index contributed by atoms with van der Waals surface area (Å²) in [6.07, 6.45) is 1.07. The Kier molecular flexibility index (Phi) is 3.48. The van der Waals surface area contributed by atoms with Crippen molar-refractivity contribution in [1.29, 1.82) is 0 Å². The van der Waals surface area contributed by atoms with Gasteiger partial charge in [0.05, 0.1) is 0 Å². The van der Waals surface area contributed by atoms with Crippen LogP contribution in [-0.4, -0.2) is 17.6 Å². The van der Waals surface area contributed by atoms with Crippen LogP contribution in [0.25, 0.3) is 33.5 Å². The molecule has 1 atom stereocenters. The molecule has 0 saturated heterocycles. The Bertz CT molecular complexity index is 1250. The number of aromatic nitrogens is 1. The smallest absolute Gasteiger partial charge is 0.349 e. The van der Waals surface area contributed by atoms with Gasteiger partial charge in [-0.25, -0.2) is 9.78 Å². The molecular formula is C23H22N2O3. The van der Waals surface area contributed by atoms with Gasteiger partial charge in [0, 0.05) is 29.7 Å². The van der Waals surface area contributed by atoms with Crippen molar-refractivity contribution in [2.45, 2.75) is 38.6 Å². The van der Waals surface area contributed by atoms with Gasteiger partial charge in [0.15, 0.2) is 5.58 Å². The lowest BCUT2D eigenvalue weighted by Gasteiger charge is -2.45. The molecule has 0 saturated carbocycles. The molecule has 0 radical (unpaired) electrons. The predicted octanol–water partition coefficient (Wildman–Crippen LogP) is 5.32. The van der Waals surface area contributed by atoms with E-state index in [1.807, 2.05) is 36.4 Å². The molecule has 1 unspecified atom stereocenters. The maximum atomic E-state index is 12.7. The van der Waals surface area contributed by atoms with Gasteiger partial charge in [0.1, 0.15) is 16.7 Å². The number of hydrogen-bond donors (Lipinski definition) is 0. The molecule has 0 fully saturated rings. The van der Waals surface area contributed by atoms with Gasteiger partial charge in [-0.3, -0.25) is 0 Å². The Morgan fingerprint density at radius 3 is 2.68 bits per heavy atom. The summed E-state index contributed by atoms with van der Waals surface area (Å²) >= 11 is 0. The highest BCUT2D eigenvalue weighted by atomic mass is 16.4. The standard InChI is InChI=1S/C23H22N2O3/c1-13-12-23(2,3)25(4)18-11-20-14(9-15(13)18)10-16(22(26)28-20)21-24-17-7-5-6-8-19(17)27-21/h5-11,13H,12H2,1-4H3. The van der Waals surface area contributed by atoms with Gasteiger partial charge in [-0.2, -0.15) is 0 Å². The highest BCUT2D eigenvalue weighted by Crippen LogP contribution is 2.44. The van der Waals surface area contributed by atoms with E-state index in [9.17, 15) is 4.79 Å². The first kappa shape index (κ1) is 17.0. The molecule has 0 amide bonds. The predicted molar refractivity (Wildman–Crippen MR) is 111 cm³/mol. The third kappa shape index (κ3) is 2.46. The summed E-state index contributed by atoms with van der Waals surface area (Å²) in [5.74, 6) is 0.714. The maximum Gasteiger partial charge on any atom is 0.349 e. The normalized spacial score (nSPS) is 18.6. The molecule has 1 aliphatic heterocycles. The van der Waals surface area contributed by atoms with E-state index in [0.717, 1.165) is 23.0 Å². The Balaban J connectivity index is 1.71. The largest absolute Gasteiger partial charge is 0.436 e. The topological polar surface area (TPSA) is 59.5 Å². The van der Waals surface area contributed by atoms with Crippen LogP contribution in [0.15, 0.2) is 56.1 Å². The number of benzene rings is 2. The molecule has 5 nitrogen and oxygen atoms in total. The average molecular weight is 374 g/mol. The van der Waals surface area contributed by atoms with E-state index in [2.05, 4.69) is 43.8 Å². The highest BCUT2D eigenvalue weighted by molar-refractivity contribution is 5.87. The van der Waals surface area contributed by atoms with Crippen LogP contribution in [0, 0.1) is 0 Å². The molecule has 5 heteroatoms. The summed E-state index contributed by atoms with van der Waals surface area (Å²) in [5.41, 5.74) is 4.31. The maximum absolute atomic E-state index is 12.7. The average Bonchev–Trinajstić information content (AvgIpc) is 3.08. The van der Waals surface area contributed by atoms with Crippen LogP contribution in [0.5, 0.6) is 0 Å². The van der Waals surface area contributed by atoms with Crippen molar-refractivity contribution in [1.82, 2.24) is 4.98 Å². The molecule has 3 heterocycles. The third-order valence-electron chi connectivity index (χ3n) is 6.01. The van der Waals surface area contributed by atoms with Crippen LogP contribution in [0.2, 0.25) is 0 Å². The fourth-order valence-corrected chi connectivity index (χ4v) is 4.32. The van der Waals surface area contributed by atoms with E-state index < -0.39 is 5.63 Å². The minimum Gasteiger partial charge on any atom is -0.436 e.